The van der Waals surface area contributed by atoms with Crippen LogP contribution in [0.3, 0.4) is 0 Å². The van der Waals surface area contributed by atoms with Crippen molar-refractivity contribution in [2.45, 2.75) is 51.2 Å². The maximum atomic E-state index is 12.9. The van der Waals surface area contributed by atoms with Crippen molar-refractivity contribution >= 4 is 5.91 Å². The monoisotopic (exact) mass is 301 g/mol. The Balaban J connectivity index is 1.68. The normalized spacial score (nSPS) is 23.9. The summed E-state index contributed by atoms with van der Waals surface area (Å²) in [6, 6.07) is 8.75. The molecule has 2 aliphatic rings. The third kappa shape index (κ3) is 3.03. The van der Waals surface area contributed by atoms with Crippen molar-refractivity contribution in [1.29, 1.82) is 0 Å². The SMILES string of the molecule is CC(C(=O)N1CCCCC1CN)N1CCc2ccccc2C1. The van der Waals surface area contributed by atoms with E-state index in [-0.39, 0.29) is 18.0 Å². The van der Waals surface area contributed by atoms with Crippen LogP contribution in [0.5, 0.6) is 0 Å². The molecule has 22 heavy (non-hydrogen) atoms. The molecule has 2 aliphatic heterocycles. The Labute approximate surface area is 133 Å². The summed E-state index contributed by atoms with van der Waals surface area (Å²) < 4.78 is 0. The molecular formula is C18H27N3O. The zero-order chi connectivity index (χ0) is 15.5. The van der Waals surface area contributed by atoms with Crippen LogP contribution in [-0.4, -0.2) is 47.4 Å². The van der Waals surface area contributed by atoms with Crippen LogP contribution in [0.1, 0.15) is 37.3 Å². The molecule has 120 valence electrons. The Kier molecular flexibility index (Phi) is 4.79. The number of benzene rings is 1. The average Bonchev–Trinajstić information content (AvgIpc) is 2.60. The molecule has 2 N–H and O–H groups in total. The highest BCUT2D eigenvalue weighted by Gasteiger charge is 2.32. The molecule has 1 aromatic rings. The van der Waals surface area contributed by atoms with E-state index in [2.05, 4.69) is 36.1 Å². The lowest BCUT2D eigenvalue weighted by molar-refractivity contribution is -0.140. The van der Waals surface area contributed by atoms with Crippen molar-refractivity contribution in [2.75, 3.05) is 19.6 Å². The van der Waals surface area contributed by atoms with Crippen LogP contribution in [0.2, 0.25) is 0 Å². The molecule has 0 radical (unpaired) electrons. The lowest BCUT2D eigenvalue weighted by Gasteiger charge is -2.40. The number of hydrogen-bond donors (Lipinski definition) is 1. The van der Waals surface area contributed by atoms with Gasteiger partial charge in [0.15, 0.2) is 0 Å². The molecule has 4 heteroatoms. The molecule has 3 rings (SSSR count). The van der Waals surface area contributed by atoms with Crippen LogP contribution >= 0.6 is 0 Å². The van der Waals surface area contributed by atoms with E-state index in [4.69, 9.17) is 5.73 Å². The highest BCUT2D eigenvalue weighted by molar-refractivity contribution is 5.82. The maximum absolute atomic E-state index is 12.9. The largest absolute Gasteiger partial charge is 0.337 e. The smallest absolute Gasteiger partial charge is 0.239 e. The number of rotatable bonds is 3. The van der Waals surface area contributed by atoms with Crippen molar-refractivity contribution in [3.8, 4) is 0 Å². The number of fused-ring (bicyclic) bond motifs is 1. The highest BCUT2D eigenvalue weighted by atomic mass is 16.2. The Hall–Kier alpha value is -1.39. The minimum absolute atomic E-state index is 0.0551. The second kappa shape index (κ2) is 6.80. The van der Waals surface area contributed by atoms with Gasteiger partial charge in [0.2, 0.25) is 5.91 Å². The molecule has 2 unspecified atom stereocenters. The van der Waals surface area contributed by atoms with Gasteiger partial charge in [0.25, 0.3) is 0 Å². The molecule has 2 heterocycles. The van der Waals surface area contributed by atoms with E-state index in [0.717, 1.165) is 38.9 Å². The number of nitrogens with zero attached hydrogens (tertiary/aromatic N) is 2. The average molecular weight is 301 g/mol. The summed E-state index contributed by atoms with van der Waals surface area (Å²) in [6.07, 6.45) is 4.39. The lowest BCUT2D eigenvalue weighted by Crippen LogP contribution is -2.54. The number of piperidine rings is 1. The van der Waals surface area contributed by atoms with Gasteiger partial charge in [0.1, 0.15) is 0 Å². The molecule has 0 saturated carbocycles. The second-order valence-corrected chi connectivity index (χ2v) is 6.58. The van der Waals surface area contributed by atoms with E-state index in [1.807, 2.05) is 4.90 Å². The Bertz CT molecular complexity index is 531. The molecule has 1 amide bonds. The van der Waals surface area contributed by atoms with Crippen LogP contribution in [0.25, 0.3) is 0 Å². The van der Waals surface area contributed by atoms with Crippen LogP contribution < -0.4 is 5.73 Å². The van der Waals surface area contributed by atoms with Gasteiger partial charge in [-0.1, -0.05) is 24.3 Å². The number of likely N-dealkylation sites (tertiary alicyclic amines) is 1. The standard InChI is InChI=1S/C18H27N3O/c1-14(18(22)21-10-5-4-8-17(21)12-19)20-11-9-15-6-2-3-7-16(15)13-20/h2-3,6-7,14,17H,4-5,8-13,19H2,1H3. The molecule has 2 atom stereocenters. The van der Waals surface area contributed by atoms with Crippen molar-refractivity contribution in [3.05, 3.63) is 35.4 Å². The van der Waals surface area contributed by atoms with Gasteiger partial charge in [-0.25, -0.2) is 0 Å². The third-order valence-electron chi connectivity index (χ3n) is 5.25. The quantitative estimate of drug-likeness (QED) is 0.926. The van der Waals surface area contributed by atoms with Gasteiger partial charge < -0.3 is 10.6 Å². The Morgan fingerprint density at radius 2 is 2.05 bits per heavy atom. The number of amides is 1. The van der Waals surface area contributed by atoms with Gasteiger partial charge in [-0.3, -0.25) is 9.69 Å². The molecular weight excluding hydrogens is 274 g/mol. The first kappa shape index (κ1) is 15.5. The number of carbonyl (C=O) groups excluding carboxylic acids is 1. The minimum atomic E-state index is -0.0551. The fourth-order valence-corrected chi connectivity index (χ4v) is 3.78. The molecule has 4 nitrogen and oxygen atoms in total. The van der Waals surface area contributed by atoms with Crippen molar-refractivity contribution < 1.29 is 4.79 Å². The van der Waals surface area contributed by atoms with Gasteiger partial charge in [-0.15, -0.1) is 0 Å². The van der Waals surface area contributed by atoms with E-state index < -0.39 is 0 Å². The molecule has 1 saturated heterocycles. The lowest BCUT2D eigenvalue weighted by atomic mass is 9.97. The Morgan fingerprint density at radius 3 is 2.82 bits per heavy atom. The first-order valence-corrected chi connectivity index (χ1v) is 8.52. The van der Waals surface area contributed by atoms with Crippen LogP contribution in [0.15, 0.2) is 24.3 Å². The minimum Gasteiger partial charge on any atom is -0.337 e. The first-order valence-electron chi connectivity index (χ1n) is 8.52. The van der Waals surface area contributed by atoms with Gasteiger partial charge in [0, 0.05) is 32.2 Å². The van der Waals surface area contributed by atoms with E-state index in [9.17, 15) is 4.79 Å². The van der Waals surface area contributed by atoms with Gasteiger partial charge in [-0.2, -0.15) is 0 Å². The number of carbonyl (C=O) groups is 1. The predicted octanol–water partition coefficient (Wildman–Crippen LogP) is 1.77. The zero-order valence-electron chi connectivity index (χ0n) is 13.5. The molecule has 1 fully saturated rings. The highest BCUT2D eigenvalue weighted by Crippen LogP contribution is 2.23. The Morgan fingerprint density at radius 1 is 1.27 bits per heavy atom. The zero-order valence-corrected chi connectivity index (χ0v) is 13.5. The molecule has 0 aromatic heterocycles. The summed E-state index contributed by atoms with van der Waals surface area (Å²) in [4.78, 5) is 17.3. The van der Waals surface area contributed by atoms with Crippen molar-refractivity contribution in [1.82, 2.24) is 9.80 Å². The summed E-state index contributed by atoms with van der Waals surface area (Å²) in [5.41, 5.74) is 8.66. The first-order chi connectivity index (χ1) is 10.7. The molecule has 0 bridgehead atoms. The van der Waals surface area contributed by atoms with Crippen molar-refractivity contribution in [2.24, 2.45) is 5.73 Å². The topological polar surface area (TPSA) is 49.6 Å². The van der Waals surface area contributed by atoms with E-state index >= 15 is 0 Å². The number of hydrogen-bond acceptors (Lipinski definition) is 3. The van der Waals surface area contributed by atoms with Crippen LogP contribution in [-0.2, 0) is 17.8 Å². The van der Waals surface area contributed by atoms with E-state index in [1.165, 1.54) is 17.5 Å². The summed E-state index contributed by atoms with van der Waals surface area (Å²) in [5.74, 6) is 0.259. The fraction of sp³-hybridized carbons (Fsp3) is 0.611. The van der Waals surface area contributed by atoms with Crippen LogP contribution in [0.4, 0.5) is 0 Å². The summed E-state index contributed by atoms with van der Waals surface area (Å²) in [5, 5.41) is 0. The van der Waals surface area contributed by atoms with E-state index in [0.29, 0.717) is 6.54 Å². The van der Waals surface area contributed by atoms with Gasteiger partial charge in [-0.05, 0) is 43.7 Å². The summed E-state index contributed by atoms with van der Waals surface area (Å²) in [6.45, 7) is 5.35. The fourth-order valence-electron chi connectivity index (χ4n) is 3.78. The van der Waals surface area contributed by atoms with Gasteiger partial charge in [0.05, 0.1) is 6.04 Å². The number of nitrogens with two attached hydrogens (primary N) is 1. The second-order valence-electron chi connectivity index (χ2n) is 6.58. The van der Waals surface area contributed by atoms with Crippen LogP contribution in [0, 0.1) is 0 Å². The molecule has 0 spiro atoms. The van der Waals surface area contributed by atoms with Gasteiger partial charge >= 0.3 is 0 Å². The molecule has 0 aliphatic carbocycles. The van der Waals surface area contributed by atoms with E-state index in [1.54, 1.807) is 0 Å². The van der Waals surface area contributed by atoms with Crippen molar-refractivity contribution in [3.63, 3.8) is 0 Å². The summed E-state index contributed by atoms with van der Waals surface area (Å²) in [7, 11) is 0. The third-order valence-corrected chi connectivity index (χ3v) is 5.25. The maximum Gasteiger partial charge on any atom is 0.239 e. The summed E-state index contributed by atoms with van der Waals surface area (Å²) >= 11 is 0. The molecule has 1 aromatic carbocycles. The predicted molar refractivity (Wildman–Crippen MR) is 88.4 cm³/mol.